The Morgan fingerprint density at radius 1 is 1.08 bits per heavy atom. The first kappa shape index (κ1) is 16.1. The molecule has 2 heterocycles. The van der Waals surface area contributed by atoms with Crippen molar-refractivity contribution >= 4 is 39.2 Å². The minimum absolute atomic E-state index is 0.186. The van der Waals surface area contributed by atoms with Crippen LogP contribution in [-0.4, -0.2) is 21.3 Å². The van der Waals surface area contributed by atoms with Crippen LogP contribution in [0.2, 0.25) is 0 Å². The van der Waals surface area contributed by atoms with E-state index in [1.807, 2.05) is 25.1 Å². The van der Waals surface area contributed by atoms with E-state index in [9.17, 15) is 4.79 Å². The Kier molecular flexibility index (Phi) is 4.57. The van der Waals surface area contributed by atoms with E-state index in [1.165, 1.54) is 0 Å². The highest BCUT2D eigenvalue weighted by Gasteiger charge is 2.11. The number of aromatic nitrogens is 3. The molecule has 2 N–H and O–H groups in total. The molecule has 3 rings (SSSR count). The summed E-state index contributed by atoms with van der Waals surface area (Å²) in [5.41, 5.74) is 2.20. The van der Waals surface area contributed by atoms with Gasteiger partial charge < -0.3 is 15.2 Å². The van der Waals surface area contributed by atoms with Gasteiger partial charge in [0.05, 0.1) is 0 Å². The fourth-order valence-corrected chi connectivity index (χ4v) is 2.32. The second-order valence-electron chi connectivity index (χ2n) is 5.17. The van der Waals surface area contributed by atoms with Gasteiger partial charge in [0.25, 0.3) is 5.91 Å². The molecule has 0 saturated carbocycles. The molecule has 0 aliphatic rings. The molecule has 24 heavy (non-hydrogen) atoms. The zero-order valence-corrected chi connectivity index (χ0v) is 14.6. The van der Waals surface area contributed by atoms with Crippen molar-refractivity contribution < 1.29 is 9.32 Å². The van der Waals surface area contributed by atoms with Crippen LogP contribution in [0.15, 0.2) is 45.4 Å². The summed E-state index contributed by atoms with van der Waals surface area (Å²) < 4.78 is 5.89. The number of hydrogen-bond donors (Lipinski definition) is 2. The van der Waals surface area contributed by atoms with Crippen molar-refractivity contribution in [3.05, 3.63) is 57.9 Å². The third-order valence-corrected chi connectivity index (χ3v) is 4.07. The summed E-state index contributed by atoms with van der Waals surface area (Å²) in [5.74, 6) is 1.09. The molecule has 0 radical (unpaired) electrons. The third kappa shape index (κ3) is 3.77. The van der Waals surface area contributed by atoms with Crippen molar-refractivity contribution in [2.24, 2.45) is 0 Å². The molecule has 0 aliphatic heterocycles. The largest absolute Gasteiger partial charge is 0.360 e. The molecule has 0 bridgehead atoms. The van der Waals surface area contributed by atoms with Crippen LogP contribution in [0.5, 0.6) is 0 Å². The standard InChI is InChI=1S/C16H14BrN5O2/c1-9-3-4-11(8-12(9)17)18-14-6-5-13(20-21-14)16(23)19-15-7-10(2)24-22-15/h3-8H,1-2H3,(H,18,21)(H,19,22,23). The first-order valence-corrected chi connectivity index (χ1v) is 7.92. The normalized spacial score (nSPS) is 10.5. The smallest absolute Gasteiger partial charge is 0.277 e. The van der Waals surface area contributed by atoms with Gasteiger partial charge in [0.15, 0.2) is 17.3 Å². The Labute approximate surface area is 146 Å². The Hall–Kier alpha value is -2.74. The molecule has 0 aliphatic carbocycles. The molecular formula is C16H14BrN5O2. The molecule has 122 valence electrons. The summed E-state index contributed by atoms with van der Waals surface area (Å²) in [7, 11) is 0. The van der Waals surface area contributed by atoms with E-state index in [0.29, 0.717) is 17.4 Å². The zero-order chi connectivity index (χ0) is 17.1. The highest BCUT2D eigenvalue weighted by molar-refractivity contribution is 9.10. The van der Waals surface area contributed by atoms with E-state index in [4.69, 9.17) is 4.52 Å². The van der Waals surface area contributed by atoms with Crippen LogP contribution < -0.4 is 10.6 Å². The number of rotatable bonds is 4. The Morgan fingerprint density at radius 2 is 1.92 bits per heavy atom. The molecule has 0 unspecified atom stereocenters. The number of carbonyl (C=O) groups excluding carboxylic acids is 1. The van der Waals surface area contributed by atoms with Crippen LogP contribution in [0.25, 0.3) is 0 Å². The predicted molar refractivity (Wildman–Crippen MR) is 93.4 cm³/mol. The molecule has 8 heteroatoms. The minimum Gasteiger partial charge on any atom is -0.360 e. The maximum Gasteiger partial charge on any atom is 0.277 e. The van der Waals surface area contributed by atoms with Crippen molar-refractivity contribution in [3.63, 3.8) is 0 Å². The Bertz CT molecular complexity index is 876. The number of halogens is 1. The maximum atomic E-state index is 12.1. The van der Waals surface area contributed by atoms with E-state index in [2.05, 4.69) is 41.9 Å². The maximum absolute atomic E-state index is 12.1. The third-order valence-electron chi connectivity index (χ3n) is 3.21. The molecule has 0 saturated heterocycles. The molecule has 3 aromatic rings. The lowest BCUT2D eigenvalue weighted by Crippen LogP contribution is -2.14. The fraction of sp³-hybridized carbons (Fsp3) is 0.125. The van der Waals surface area contributed by atoms with E-state index in [-0.39, 0.29) is 5.69 Å². The van der Waals surface area contributed by atoms with Crippen LogP contribution in [-0.2, 0) is 0 Å². The van der Waals surface area contributed by atoms with Crippen LogP contribution >= 0.6 is 15.9 Å². The average Bonchev–Trinajstić information content (AvgIpc) is 2.96. The Morgan fingerprint density at radius 3 is 2.54 bits per heavy atom. The van der Waals surface area contributed by atoms with Gasteiger partial charge in [-0.05, 0) is 43.7 Å². The first-order chi connectivity index (χ1) is 11.5. The highest BCUT2D eigenvalue weighted by atomic mass is 79.9. The quantitative estimate of drug-likeness (QED) is 0.706. The molecule has 1 aromatic carbocycles. The molecule has 0 atom stereocenters. The first-order valence-electron chi connectivity index (χ1n) is 7.13. The number of hydrogen-bond acceptors (Lipinski definition) is 6. The van der Waals surface area contributed by atoms with Crippen molar-refractivity contribution in [1.82, 2.24) is 15.4 Å². The van der Waals surface area contributed by atoms with Gasteiger partial charge >= 0.3 is 0 Å². The summed E-state index contributed by atoms with van der Waals surface area (Å²) in [4.78, 5) is 12.1. The van der Waals surface area contributed by atoms with Gasteiger partial charge in [0, 0.05) is 16.2 Å². The van der Waals surface area contributed by atoms with Crippen molar-refractivity contribution in [2.45, 2.75) is 13.8 Å². The summed E-state index contributed by atoms with van der Waals surface area (Å²) in [6.45, 7) is 3.75. The van der Waals surface area contributed by atoms with Gasteiger partial charge in [0.2, 0.25) is 0 Å². The number of carbonyl (C=O) groups is 1. The zero-order valence-electron chi connectivity index (χ0n) is 13.0. The second-order valence-corrected chi connectivity index (χ2v) is 6.02. The predicted octanol–water partition coefficient (Wildman–Crippen LogP) is 3.84. The number of nitrogens with zero attached hydrogens (tertiary/aromatic N) is 3. The van der Waals surface area contributed by atoms with Crippen LogP contribution in [0.1, 0.15) is 21.8 Å². The topological polar surface area (TPSA) is 92.9 Å². The minimum atomic E-state index is -0.402. The molecular weight excluding hydrogens is 374 g/mol. The van der Waals surface area contributed by atoms with Gasteiger partial charge in [-0.3, -0.25) is 4.79 Å². The van der Waals surface area contributed by atoms with E-state index < -0.39 is 5.91 Å². The van der Waals surface area contributed by atoms with Gasteiger partial charge in [-0.2, -0.15) is 0 Å². The number of aryl methyl sites for hydroxylation is 2. The number of benzene rings is 1. The molecule has 1 amide bonds. The van der Waals surface area contributed by atoms with Crippen molar-refractivity contribution in [3.8, 4) is 0 Å². The molecule has 2 aromatic heterocycles. The number of amides is 1. The van der Waals surface area contributed by atoms with Gasteiger partial charge in [-0.15, -0.1) is 10.2 Å². The van der Waals surface area contributed by atoms with E-state index >= 15 is 0 Å². The monoisotopic (exact) mass is 387 g/mol. The summed E-state index contributed by atoms with van der Waals surface area (Å²) in [6, 6.07) is 10.8. The van der Waals surface area contributed by atoms with Gasteiger partial charge in [-0.25, -0.2) is 0 Å². The lowest BCUT2D eigenvalue weighted by molar-refractivity contribution is 0.102. The van der Waals surface area contributed by atoms with Crippen LogP contribution in [0.4, 0.5) is 17.3 Å². The summed E-state index contributed by atoms with van der Waals surface area (Å²) in [6.07, 6.45) is 0. The molecule has 7 nitrogen and oxygen atoms in total. The van der Waals surface area contributed by atoms with Crippen LogP contribution in [0, 0.1) is 13.8 Å². The second kappa shape index (κ2) is 6.79. The highest BCUT2D eigenvalue weighted by Crippen LogP contribution is 2.22. The fourth-order valence-electron chi connectivity index (χ4n) is 1.94. The lowest BCUT2D eigenvalue weighted by Gasteiger charge is -2.07. The van der Waals surface area contributed by atoms with E-state index in [0.717, 1.165) is 15.7 Å². The average molecular weight is 388 g/mol. The van der Waals surface area contributed by atoms with E-state index in [1.54, 1.807) is 25.1 Å². The lowest BCUT2D eigenvalue weighted by atomic mass is 10.2. The van der Waals surface area contributed by atoms with Crippen LogP contribution in [0.3, 0.4) is 0 Å². The van der Waals surface area contributed by atoms with Crippen molar-refractivity contribution in [1.29, 1.82) is 0 Å². The Balaban J connectivity index is 1.68. The summed E-state index contributed by atoms with van der Waals surface area (Å²) in [5, 5.41) is 17.4. The van der Waals surface area contributed by atoms with Crippen molar-refractivity contribution in [2.75, 3.05) is 10.6 Å². The summed E-state index contributed by atoms with van der Waals surface area (Å²) >= 11 is 3.48. The molecule has 0 fully saturated rings. The number of nitrogens with one attached hydrogen (secondary N) is 2. The van der Waals surface area contributed by atoms with Gasteiger partial charge in [-0.1, -0.05) is 27.2 Å². The molecule has 0 spiro atoms. The SMILES string of the molecule is Cc1cc(NC(=O)c2ccc(Nc3ccc(C)c(Br)c3)nn2)no1. The van der Waals surface area contributed by atoms with Gasteiger partial charge in [0.1, 0.15) is 5.76 Å². The number of anilines is 3.